The summed E-state index contributed by atoms with van der Waals surface area (Å²) in [5, 5.41) is 2.64. The maximum absolute atomic E-state index is 11.5. The van der Waals surface area contributed by atoms with E-state index in [0.717, 1.165) is 0 Å². The van der Waals surface area contributed by atoms with Gasteiger partial charge in [-0.15, -0.1) is 0 Å². The monoisotopic (exact) mass is 236 g/mol. The first kappa shape index (κ1) is 13.2. The summed E-state index contributed by atoms with van der Waals surface area (Å²) < 4.78 is 4.59. The first-order chi connectivity index (χ1) is 8.08. The Kier molecular flexibility index (Phi) is 4.66. The number of anilines is 1. The van der Waals surface area contributed by atoms with E-state index in [1.54, 1.807) is 24.3 Å². The fraction of sp³-hybridized carbons (Fsp3) is 0.333. The third kappa shape index (κ3) is 3.57. The van der Waals surface area contributed by atoms with Gasteiger partial charge in [0.15, 0.2) is 0 Å². The van der Waals surface area contributed by atoms with Crippen LogP contribution in [0.4, 0.5) is 5.69 Å². The minimum Gasteiger partial charge on any atom is -0.465 e. The van der Waals surface area contributed by atoms with Gasteiger partial charge in [-0.3, -0.25) is 4.79 Å². The van der Waals surface area contributed by atoms with Crippen LogP contribution in [0.15, 0.2) is 24.3 Å². The van der Waals surface area contributed by atoms with Crippen molar-refractivity contribution in [1.29, 1.82) is 0 Å². The quantitative estimate of drug-likeness (QED) is 0.768. The van der Waals surface area contributed by atoms with E-state index in [2.05, 4.69) is 10.1 Å². The summed E-state index contributed by atoms with van der Waals surface area (Å²) in [6, 6.07) is 5.97. The van der Waals surface area contributed by atoms with E-state index < -0.39 is 12.0 Å². The lowest BCUT2D eigenvalue weighted by atomic mass is 10.2. The Morgan fingerprint density at radius 2 is 2.18 bits per heavy atom. The van der Waals surface area contributed by atoms with E-state index in [0.29, 0.717) is 17.7 Å². The van der Waals surface area contributed by atoms with Crippen LogP contribution in [0.25, 0.3) is 0 Å². The average molecular weight is 236 g/mol. The highest BCUT2D eigenvalue weighted by atomic mass is 16.5. The second-order valence-electron chi connectivity index (χ2n) is 3.58. The van der Waals surface area contributed by atoms with Crippen LogP contribution in [0.2, 0.25) is 0 Å². The van der Waals surface area contributed by atoms with Gasteiger partial charge in [0, 0.05) is 5.69 Å². The Labute approximate surface area is 99.9 Å². The lowest BCUT2D eigenvalue weighted by Gasteiger charge is -2.10. The molecule has 0 aliphatic rings. The molecule has 0 bridgehead atoms. The molecular weight excluding hydrogens is 220 g/mol. The lowest BCUT2D eigenvalue weighted by Crippen LogP contribution is -2.34. The van der Waals surface area contributed by atoms with Gasteiger partial charge in [0.1, 0.15) is 0 Å². The number of hydrogen-bond acceptors (Lipinski definition) is 4. The topological polar surface area (TPSA) is 81.4 Å². The number of amides is 1. The summed E-state index contributed by atoms with van der Waals surface area (Å²) >= 11 is 0. The van der Waals surface area contributed by atoms with Gasteiger partial charge in [0.2, 0.25) is 5.91 Å². The third-order valence-electron chi connectivity index (χ3n) is 2.33. The first-order valence-electron chi connectivity index (χ1n) is 5.33. The number of hydrogen-bond donors (Lipinski definition) is 2. The summed E-state index contributed by atoms with van der Waals surface area (Å²) in [5.74, 6) is -0.713. The standard InChI is InChI=1S/C12H16N2O3/c1-3-10(13)11(15)14-9-6-4-5-8(7-9)12(16)17-2/h4-7,10H,3,13H2,1-2H3,(H,14,15). The van der Waals surface area contributed by atoms with Crippen LogP contribution in [0, 0.1) is 0 Å². The van der Waals surface area contributed by atoms with E-state index >= 15 is 0 Å². The van der Waals surface area contributed by atoms with E-state index in [1.807, 2.05) is 6.92 Å². The molecule has 0 fully saturated rings. The van der Waals surface area contributed by atoms with Gasteiger partial charge in [-0.25, -0.2) is 4.79 Å². The number of benzene rings is 1. The maximum Gasteiger partial charge on any atom is 0.337 e. The van der Waals surface area contributed by atoms with E-state index in [1.165, 1.54) is 7.11 Å². The summed E-state index contributed by atoms with van der Waals surface area (Å²) in [5.41, 5.74) is 6.50. The third-order valence-corrected chi connectivity index (χ3v) is 2.33. The number of nitrogens with one attached hydrogen (secondary N) is 1. The number of carbonyl (C=O) groups is 2. The van der Waals surface area contributed by atoms with Crippen molar-refractivity contribution in [3.63, 3.8) is 0 Å². The Hall–Kier alpha value is -1.88. The summed E-state index contributed by atoms with van der Waals surface area (Å²) in [4.78, 5) is 22.8. The number of carbonyl (C=O) groups excluding carboxylic acids is 2. The van der Waals surface area contributed by atoms with Crippen molar-refractivity contribution < 1.29 is 14.3 Å². The van der Waals surface area contributed by atoms with Crippen LogP contribution in [0.3, 0.4) is 0 Å². The zero-order chi connectivity index (χ0) is 12.8. The molecule has 0 spiro atoms. The van der Waals surface area contributed by atoms with Crippen LogP contribution in [-0.4, -0.2) is 25.0 Å². The van der Waals surface area contributed by atoms with Crippen molar-refractivity contribution in [2.45, 2.75) is 19.4 Å². The molecule has 0 saturated heterocycles. The van der Waals surface area contributed by atoms with Gasteiger partial charge >= 0.3 is 5.97 Å². The van der Waals surface area contributed by atoms with Crippen molar-refractivity contribution >= 4 is 17.6 Å². The van der Waals surface area contributed by atoms with Crippen molar-refractivity contribution in [1.82, 2.24) is 0 Å². The zero-order valence-electron chi connectivity index (χ0n) is 9.90. The molecule has 0 aromatic heterocycles. The highest BCUT2D eigenvalue weighted by Crippen LogP contribution is 2.11. The van der Waals surface area contributed by atoms with Gasteiger partial charge in [0.05, 0.1) is 18.7 Å². The maximum atomic E-state index is 11.5. The molecule has 1 amide bonds. The molecule has 5 nitrogen and oxygen atoms in total. The summed E-state index contributed by atoms with van der Waals surface area (Å²) in [6.07, 6.45) is 0.558. The second kappa shape index (κ2) is 6.00. The summed E-state index contributed by atoms with van der Waals surface area (Å²) in [6.45, 7) is 1.83. The molecule has 0 aliphatic carbocycles. The fourth-order valence-corrected chi connectivity index (χ4v) is 1.26. The molecule has 0 aliphatic heterocycles. The number of ether oxygens (including phenoxy) is 1. The molecule has 1 atom stereocenters. The Balaban J connectivity index is 2.79. The molecular formula is C12H16N2O3. The number of methoxy groups -OCH3 is 1. The van der Waals surface area contributed by atoms with Gasteiger partial charge < -0.3 is 15.8 Å². The molecule has 1 aromatic rings. The smallest absolute Gasteiger partial charge is 0.337 e. The minimum absolute atomic E-state index is 0.269. The molecule has 5 heteroatoms. The molecule has 1 unspecified atom stereocenters. The zero-order valence-corrected chi connectivity index (χ0v) is 9.90. The molecule has 17 heavy (non-hydrogen) atoms. The predicted molar refractivity (Wildman–Crippen MR) is 64.7 cm³/mol. The lowest BCUT2D eigenvalue weighted by molar-refractivity contribution is -0.117. The van der Waals surface area contributed by atoms with Crippen molar-refractivity contribution in [2.24, 2.45) is 5.73 Å². The molecule has 1 aromatic carbocycles. The van der Waals surface area contributed by atoms with Crippen LogP contribution in [0.5, 0.6) is 0 Å². The Bertz CT molecular complexity index is 418. The summed E-state index contributed by atoms with van der Waals surface area (Å²) in [7, 11) is 1.31. The highest BCUT2D eigenvalue weighted by Gasteiger charge is 2.12. The predicted octanol–water partition coefficient (Wildman–Crippen LogP) is 1.15. The van der Waals surface area contributed by atoms with Gasteiger partial charge in [-0.05, 0) is 24.6 Å². The van der Waals surface area contributed by atoms with Crippen molar-refractivity contribution in [3.05, 3.63) is 29.8 Å². The largest absolute Gasteiger partial charge is 0.465 e. The van der Waals surface area contributed by atoms with Gasteiger partial charge in [-0.2, -0.15) is 0 Å². The number of esters is 1. The van der Waals surface area contributed by atoms with E-state index in [4.69, 9.17) is 5.73 Å². The molecule has 0 saturated carbocycles. The Morgan fingerprint density at radius 3 is 2.76 bits per heavy atom. The molecule has 0 heterocycles. The molecule has 0 radical (unpaired) electrons. The number of rotatable bonds is 4. The SMILES string of the molecule is CCC(N)C(=O)Nc1cccc(C(=O)OC)c1. The minimum atomic E-state index is -0.545. The molecule has 3 N–H and O–H groups in total. The van der Waals surface area contributed by atoms with Crippen LogP contribution in [-0.2, 0) is 9.53 Å². The van der Waals surface area contributed by atoms with Crippen molar-refractivity contribution in [2.75, 3.05) is 12.4 Å². The van der Waals surface area contributed by atoms with E-state index in [9.17, 15) is 9.59 Å². The molecule has 92 valence electrons. The highest BCUT2D eigenvalue weighted by molar-refractivity contribution is 5.96. The number of nitrogens with two attached hydrogens (primary N) is 1. The first-order valence-corrected chi connectivity index (χ1v) is 5.33. The molecule has 1 rings (SSSR count). The Morgan fingerprint density at radius 1 is 1.47 bits per heavy atom. The van der Waals surface area contributed by atoms with Crippen molar-refractivity contribution in [3.8, 4) is 0 Å². The van der Waals surface area contributed by atoms with Gasteiger partial charge in [0.25, 0.3) is 0 Å². The second-order valence-corrected chi connectivity index (χ2v) is 3.58. The average Bonchev–Trinajstić information content (AvgIpc) is 2.37. The van der Waals surface area contributed by atoms with E-state index in [-0.39, 0.29) is 5.91 Å². The van der Waals surface area contributed by atoms with Crippen LogP contribution in [0.1, 0.15) is 23.7 Å². The fourth-order valence-electron chi connectivity index (χ4n) is 1.26. The van der Waals surface area contributed by atoms with Crippen LogP contribution >= 0.6 is 0 Å². The van der Waals surface area contributed by atoms with Crippen LogP contribution < -0.4 is 11.1 Å². The normalized spacial score (nSPS) is 11.7. The van der Waals surface area contributed by atoms with Gasteiger partial charge in [-0.1, -0.05) is 13.0 Å².